The lowest BCUT2D eigenvalue weighted by Gasteiger charge is -2.33. The SMILES string of the molecule is CC1Cc2n[nH]c(C(=O)NC(C)C(F)(F)F)c2CN1C(=O)c1cc2c(Cl)cccn2c1. The monoisotopic (exact) mass is 453 g/mol. The zero-order valence-corrected chi connectivity index (χ0v) is 17.4. The van der Waals surface area contributed by atoms with E-state index < -0.39 is 18.1 Å². The van der Waals surface area contributed by atoms with E-state index in [1.807, 2.05) is 12.2 Å². The van der Waals surface area contributed by atoms with Gasteiger partial charge >= 0.3 is 6.18 Å². The normalized spacial score (nSPS) is 17.5. The van der Waals surface area contributed by atoms with E-state index in [1.165, 1.54) is 0 Å². The van der Waals surface area contributed by atoms with Crippen molar-refractivity contribution in [2.24, 2.45) is 0 Å². The molecule has 2 atom stereocenters. The fourth-order valence-electron chi connectivity index (χ4n) is 3.65. The van der Waals surface area contributed by atoms with Gasteiger partial charge in [0.15, 0.2) is 0 Å². The first kappa shape index (κ1) is 21.2. The van der Waals surface area contributed by atoms with Crippen LogP contribution in [-0.4, -0.2) is 49.6 Å². The molecule has 0 aromatic carbocycles. The van der Waals surface area contributed by atoms with Crippen LogP contribution in [0.5, 0.6) is 0 Å². The van der Waals surface area contributed by atoms with E-state index in [0.29, 0.717) is 33.8 Å². The number of halogens is 4. The Kier molecular flexibility index (Phi) is 5.20. The highest BCUT2D eigenvalue weighted by Gasteiger charge is 2.39. The van der Waals surface area contributed by atoms with Gasteiger partial charge in [-0.3, -0.25) is 14.7 Å². The van der Waals surface area contributed by atoms with E-state index in [0.717, 1.165) is 6.92 Å². The number of rotatable bonds is 3. The number of H-pyrrole nitrogens is 1. The Hall–Kier alpha value is -3.01. The van der Waals surface area contributed by atoms with Gasteiger partial charge in [0.05, 0.1) is 28.3 Å². The number of aromatic amines is 1. The lowest BCUT2D eigenvalue weighted by molar-refractivity contribution is -0.149. The number of alkyl halides is 3. The van der Waals surface area contributed by atoms with Gasteiger partial charge in [-0.2, -0.15) is 18.3 Å². The molecular formula is C20H19ClF3N5O2. The Labute approximate surface area is 180 Å². The number of nitrogens with one attached hydrogen (secondary N) is 2. The van der Waals surface area contributed by atoms with Gasteiger partial charge in [0.25, 0.3) is 11.8 Å². The fraction of sp³-hybridized carbons (Fsp3) is 0.350. The number of hydrogen-bond acceptors (Lipinski definition) is 3. The van der Waals surface area contributed by atoms with Gasteiger partial charge < -0.3 is 14.6 Å². The molecule has 7 nitrogen and oxygen atoms in total. The predicted molar refractivity (Wildman–Crippen MR) is 107 cm³/mol. The predicted octanol–water partition coefficient (Wildman–Crippen LogP) is 3.58. The summed E-state index contributed by atoms with van der Waals surface area (Å²) in [6, 6.07) is 2.93. The van der Waals surface area contributed by atoms with Crippen molar-refractivity contribution in [3.05, 3.63) is 58.1 Å². The first-order valence-electron chi connectivity index (χ1n) is 9.57. The van der Waals surface area contributed by atoms with Crippen LogP contribution in [0.3, 0.4) is 0 Å². The molecule has 1 aliphatic heterocycles. The number of fused-ring (bicyclic) bond motifs is 2. The van der Waals surface area contributed by atoms with Gasteiger partial charge in [0, 0.05) is 30.4 Å². The molecular weight excluding hydrogens is 435 g/mol. The summed E-state index contributed by atoms with van der Waals surface area (Å²) in [6.07, 6.45) is -0.755. The van der Waals surface area contributed by atoms with E-state index in [2.05, 4.69) is 10.2 Å². The van der Waals surface area contributed by atoms with Gasteiger partial charge in [0.1, 0.15) is 11.7 Å². The quantitative estimate of drug-likeness (QED) is 0.636. The number of carbonyl (C=O) groups excluding carboxylic acids is 2. The molecule has 31 heavy (non-hydrogen) atoms. The minimum Gasteiger partial charge on any atom is -0.339 e. The molecule has 11 heteroatoms. The second-order valence-corrected chi connectivity index (χ2v) is 8.03. The molecule has 164 valence electrons. The number of aromatic nitrogens is 3. The van der Waals surface area contributed by atoms with Crippen LogP contribution in [-0.2, 0) is 13.0 Å². The van der Waals surface area contributed by atoms with E-state index in [-0.39, 0.29) is 24.2 Å². The smallest absolute Gasteiger partial charge is 0.339 e. The first-order chi connectivity index (χ1) is 14.6. The van der Waals surface area contributed by atoms with Crippen molar-refractivity contribution in [2.75, 3.05) is 0 Å². The van der Waals surface area contributed by atoms with Crippen LogP contribution in [0, 0.1) is 0 Å². The maximum Gasteiger partial charge on any atom is 0.408 e. The van der Waals surface area contributed by atoms with Crippen LogP contribution in [0.2, 0.25) is 5.02 Å². The molecule has 0 saturated carbocycles. The molecule has 1 aliphatic rings. The second-order valence-electron chi connectivity index (χ2n) is 7.62. The molecule has 4 heterocycles. The molecule has 2 N–H and O–H groups in total. The van der Waals surface area contributed by atoms with Gasteiger partial charge in [-0.15, -0.1) is 0 Å². The maximum atomic E-state index is 13.2. The fourth-order valence-corrected chi connectivity index (χ4v) is 3.88. The summed E-state index contributed by atoms with van der Waals surface area (Å²) in [5.74, 6) is -1.18. The minimum absolute atomic E-state index is 0.0505. The molecule has 0 fully saturated rings. The van der Waals surface area contributed by atoms with E-state index >= 15 is 0 Å². The highest BCUT2D eigenvalue weighted by atomic mass is 35.5. The summed E-state index contributed by atoms with van der Waals surface area (Å²) >= 11 is 6.19. The van der Waals surface area contributed by atoms with Crippen molar-refractivity contribution in [3.8, 4) is 0 Å². The van der Waals surface area contributed by atoms with Crippen molar-refractivity contribution in [1.82, 2.24) is 24.8 Å². The van der Waals surface area contributed by atoms with Crippen LogP contribution < -0.4 is 5.32 Å². The number of nitrogens with zero attached hydrogens (tertiary/aromatic N) is 3. The zero-order chi connectivity index (χ0) is 22.5. The third-order valence-corrected chi connectivity index (χ3v) is 5.78. The van der Waals surface area contributed by atoms with Gasteiger partial charge in [-0.05, 0) is 32.0 Å². The van der Waals surface area contributed by atoms with Crippen molar-refractivity contribution in [2.45, 2.75) is 45.1 Å². The van der Waals surface area contributed by atoms with Crippen molar-refractivity contribution in [1.29, 1.82) is 0 Å². The van der Waals surface area contributed by atoms with Crippen molar-refractivity contribution < 1.29 is 22.8 Å². The standard InChI is InChI=1S/C20H19ClF3N5O2/c1-10-6-15-13(17(27-26-15)18(30)25-11(2)20(22,23)24)9-29(10)19(31)12-7-16-14(21)4-3-5-28(16)8-12/h3-5,7-8,10-11H,6,9H2,1-2H3,(H,25,30)(H,26,27). The van der Waals surface area contributed by atoms with E-state index in [4.69, 9.17) is 11.6 Å². The molecule has 0 bridgehead atoms. The van der Waals surface area contributed by atoms with Gasteiger partial charge in [0.2, 0.25) is 0 Å². The van der Waals surface area contributed by atoms with Crippen LogP contribution in [0.25, 0.3) is 5.52 Å². The maximum absolute atomic E-state index is 13.2. The van der Waals surface area contributed by atoms with Crippen molar-refractivity contribution >= 4 is 28.9 Å². The molecule has 0 radical (unpaired) electrons. The highest BCUT2D eigenvalue weighted by Crippen LogP contribution is 2.28. The topological polar surface area (TPSA) is 82.5 Å². The average Bonchev–Trinajstić information content (AvgIpc) is 3.30. The second kappa shape index (κ2) is 7.60. The molecule has 2 amide bonds. The van der Waals surface area contributed by atoms with Gasteiger partial charge in [-0.25, -0.2) is 0 Å². The van der Waals surface area contributed by atoms with E-state index in [1.54, 1.807) is 39.9 Å². The summed E-state index contributed by atoms with van der Waals surface area (Å²) in [5.41, 5.74) is 2.01. The Balaban J connectivity index is 1.60. The highest BCUT2D eigenvalue weighted by molar-refractivity contribution is 6.33. The summed E-state index contributed by atoms with van der Waals surface area (Å²) in [4.78, 5) is 27.2. The molecule has 0 spiro atoms. The number of carbonyl (C=O) groups is 2. The molecule has 3 aromatic heterocycles. The third kappa shape index (κ3) is 3.87. The largest absolute Gasteiger partial charge is 0.408 e. The molecule has 3 aromatic rings. The Morgan fingerprint density at radius 1 is 1.39 bits per heavy atom. The number of pyridine rings is 1. The number of amides is 2. The summed E-state index contributed by atoms with van der Waals surface area (Å²) < 4.78 is 40.2. The summed E-state index contributed by atoms with van der Waals surface area (Å²) in [7, 11) is 0. The van der Waals surface area contributed by atoms with Crippen LogP contribution in [0.4, 0.5) is 13.2 Å². The zero-order valence-electron chi connectivity index (χ0n) is 16.6. The first-order valence-corrected chi connectivity index (χ1v) is 9.95. The Bertz CT molecular complexity index is 1170. The van der Waals surface area contributed by atoms with Gasteiger partial charge in [-0.1, -0.05) is 11.6 Å². The lowest BCUT2D eigenvalue weighted by Crippen LogP contribution is -2.45. The molecule has 4 rings (SSSR count). The van der Waals surface area contributed by atoms with Crippen LogP contribution in [0.15, 0.2) is 30.6 Å². The van der Waals surface area contributed by atoms with Crippen molar-refractivity contribution in [3.63, 3.8) is 0 Å². The summed E-state index contributed by atoms with van der Waals surface area (Å²) in [6.45, 7) is 2.76. The van der Waals surface area contributed by atoms with Crippen LogP contribution in [0.1, 0.15) is 46.0 Å². The summed E-state index contributed by atoms with van der Waals surface area (Å²) in [5, 5.41) is 9.05. The lowest BCUT2D eigenvalue weighted by atomic mass is 9.98. The average molecular weight is 454 g/mol. The molecule has 0 aliphatic carbocycles. The molecule has 0 saturated heterocycles. The van der Waals surface area contributed by atoms with E-state index in [9.17, 15) is 22.8 Å². The molecule has 2 unspecified atom stereocenters. The van der Waals surface area contributed by atoms with Crippen LogP contribution >= 0.6 is 11.6 Å². The Morgan fingerprint density at radius 3 is 2.81 bits per heavy atom. The minimum atomic E-state index is -4.56. The number of hydrogen-bond donors (Lipinski definition) is 2. The third-order valence-electron chi connectivity index (χ3n) is 5.46. The Morgan fingerprint density at radius 2 is 2.13 bits per heavy atom.